The SMILES string of the molecule is CC[C@@H](C)NC(=O)COC(=O)CCS(=O)(=O)c1ccc(Cl)cc1. The Bertz CT molecular complexity index is 642. The van der Waals surface area contributed by atoms with E-state index in [1.807, 2.05) is 13.8 Å². The lowest BCUT2D eigenvalue weighted by molar-refractivity contribution is -0.148. The molecule has 0 bridgehead atoms. The Balaban J connectivity index is 2.43. The molecular formula is C15H20ClNO5S. The topological polar surface area (TPSA) is 89.5 Å². The van der Waals surface area contributed by atoms with Crippen molar-refractivity contribution in [3.8, 4) is 0 Å². The zero-order valence-corrected chi connectivity index (χ0v) is 14.6. The molecule has 23 heavy (non-hydrogen) atoms. The third-order valence-electron chi connectivity index (χ3n) is 3.13. The van der Waals surface area contributed by atoms with Crippen LogP contribution in [0.4, 0.5) is 0 Å². The van der Waals surface area contributed by atoms with Gasteiger partial charge in [-0.05, 0) is 37.6 Å². The number of carbonyl (C=O) groups is 2. The second kappa shape index (κ2) is 8.88. The van der Waals surface area contributed by atoms with Gasteiger partial charge in [-0.25, -0.2) is 8.42 Å². The first-order chi connectivity index (χ1) is 10.7. The zero-order valence-electron chi connectivity index (χ0n) is 13.0. The Morgan fingerprint density at radius 1 is 1.26 bits per heavy atom. The van der Waals surface area contributed by atoms with Gasteiger partial charge < -0.3 is 10.1 Å². The van der Waals surface area contributed by atoms with Crippen LogP contribution in [0.2, 0.25) is 5.02 Å². The molecule has 6 nitrogen and oxygen atoms in total. The summed E-state index contributed by atoms with van der Waals surface area (Å²) in [7, 11) is -3.59. The van der Waals surface area contributed by atoms with Gasteiger partial charge in [0.2, 0.25) is 0 Å². The summed E-state index contributed by atoms with van der Waals surface area (Å²) >= 11 is 5.70. The Kier molecular flexibility index (Phi) is 7.51. The van der Waals surface area contributed by atoms with Crippen molar-refractivity contribution in [3.63, 3.8) is 0 Å². The number of ether oxygens (including phenoxy) is 1. The van der Waals surface area contributed by atoms with Crippen LogP contribution in [0.1, 0.15) is 26.7 Å². The van der Waals surface area contributed by atoms with E-state index in [0.717, 1.165) is 6.42 Å². The van der Waals surface area contributed by atoms with E-state index < -0.39 is 28.3 Å². The van der Waals surface area contributed by atoms with E-state index in [4.69, 9.17) is 16.3 Å². The van der Waals surface area contributed by atoms with Crippen LogP contribution < -0.4 is 5.32 Å². The summed E-state index contributed by atoms with van der Waals surface area (Å²) in [6, 6.07) is 5.68. The Labute approximate surface area is 141 Å². The number of carbonyl (C=O) groups excluding carboxylic acids is 2. The molecule has 8 heteroatoms. The molecule has 0 radical (unpaired) electrons. The van der Waals surface area contributed by atoms with E-state index in [2.05, 4.69) is 5.32 Å². The highest BCUT2D eigenvalue weighted by molar-refractivity contribution is 7.91. The number of sulfone groups is 1. The number of nitrogens with one attached hydrogen (secondary N) is 1. The number of hydrogen-bond donors (Lipinski definition) is 1. The van der Waals surface area contributed by atoms with Crippen LogP contribution in [-0.4, -0.2) is 38.7 Å². The number of esters is 1. The van der Waals surface area contributed by atoms with E-state index in [0.29, 0.717) is 5.02 Å². The van der Waals surface area contributed by atoms with Crippen molar-refractivity contribution in [2.45, 2.75) is 37.6 Å². The van der Waals surface area contributed by atoms with Crippen molar-refractivity contribution in [3.05, 3.63) is 29.3 Å². The van der Waals surface area contributed by atoms with Crippen LogP contribution in [0, 0.1) is 0 Å². The summed E-state index contributed by atoms with van der Waals surface area (Å²) in [4.78, 5) is 23.1. The molecule has 0 aliphatic carbocycles. The second-order valence-corrected chi connectivity index (χ2v) is 7.61. The maximum absolute atomic E-state index is 12.0. The van der Waals surface area contributed by atoms with Gasteiger partial charge in [-0.3, -0.25) is 9.59 Å². The summed E-state index contributed by atoms with van der Waals surface area (Å²) in [6.45, 7) is 3.33. The highest BCUT2D eigenvalue weighted by Gasteiger charge is 2.17. The first-order valence-electron chi connectivity index (χ1n) is 7.18. The zero-order chi connectivity index (χ0) is 17.5. The number of halogens is 1. The molecule has 1 aromatic carbocycles. The van der Waals surface area contributed by atoms with Crippen LogP contribution in [0.15, 0.2) is 29.2 Å². The molecule has 0 spiro atoms. The molecular weight excluding hydrogens is 342 g/mol. The lowest BCUT2D eigenvalue weighted by atomic mass is 10.2. The average molecular weight is 362 g/mol. The molecule has 0 aromatic heterocycles. The summed E-state index contributed by atoms with van der Waals surface area (Å²) < 4.78 is 28.8. The fraction of sp³-hybridized carbons (Fsp3) is 0.467. The van der Waals surface area contributed by atoms with Crippen molar-refractivity contribution in [1.82, 2.24) is 5.32 Å². The van der Waals surface area contributed by atoms with Crippen molar-refractivity contribution in [2.75, 3.05) is 12.4 Å². The lowest BCUT2D eigenvalue weighted by Gasteiger charge is -2.11. The Morgan fingerprint density at radius 2 is 1.87 bits per heavy atom. The molecule has 0 saturated carbocycles. The van der Waals surface area contributed by atoms with Gasteiger partial charge in [-0.1, -0.05) is 18.5 Å². The van der Waals surface area contributed by atoms with Crippen molar-refractivity contribution < 1.29 is 22.7 Å². The van der Waals surface area contributed by atoms with E-state index in [1.54, 1.807) is 0 Å². The summed E-state index contributed by atoms with van der Waals surface area (Å²) in [5.74, 6) is -1.53. The van der Waals surface area contributed by atoms with Crippen LogP contribution in [-0.2, 0) is 24.2 Å². The van der Waals surface area contributed by atoms with Gasteiger partial charge in [-0.15, -0.1) is 0 Å². The van der Waals surface area contributed by atoms with Crippen LogP contribution in [0.3, 0.4) is 0 Å². The lowest BCUT2D eigenvalue weighted by Crippen LogP contribution is -2.35. The number of benzene rings is 1. The Morgan fingerprint density at radius 3 is 2.43 bits per heavy atom. The highest BCUT2D eigenvalue weighted by atomic mass is 35.5. The van der Waals surface area contributed by atoms with E-state index in [-0.39, 0.29) is 23.1 Å². The van der Waals surface area contributed by atoms with Gasteiger partial charge in [0.1, 0.15) is 0 Å². The maximum Gasteiger partial charge on any atom is 0.307 e. The molecule has 1 atom stereocenters. The second-order valence-electron chi connectivity index (χ2n) is 5.06. The molecule has 0 fully saturated rings. The van der Waals surface area contributed by atoms with Crippen molar-refractivity contribution in [1.29, 1.82) is 0 Å². The minimum atomic E-state index is -3.59. The number of hydrogen-bond acceptors (Lipinski definition) is 5. The van der Waals surface area contributed by atoms with Gasteiger partial charge in [-0.2, -0.15) is 0 Å². The molecule has 0 saturated heterocycles. The van der Waals surface area contributed by atoms with E-state index >= 15 is 0 Å². The number of amides is 1. The third-order valence-corrected chi connectivity index (χ3v) is 5.12. The van der Waals surface area contributed by atoms with Crippen molar-refractivity contribution in [2.24, 2.45) is 0 Å². The van der Waals surface area contributed by atoms with Gasteiger partial charge >= 0.3 is 5.97 Å². The molecule has 0 aliphatic heterocycles. The molecule has 0 unspecified atom stereocenters. The fourth-order valence-corrected chi connectivity index (χ4v) is 2.96. The smallest absolute Gasteiger partial charge is 0.307 e. The van der Waals surface area contributed by atoms with Crippen LogP contribution in [0.25, 0.3) is 0 Å². The molecule has 0 heterocycles. The summed E-state index contributed by atoms with van der Waals surface area (Å²) in [5.41, 5.74) is 0. The average Bonchev–Trinajstić information content (AvgIpc) is 2.51. The maximum atomic E-state index is 12.0. The van der Waals surface area contributed by atoms with Crippen LogP contribution in [0.5, 0.6) is 0 Å². The predicted octanol–water partition coefficient (Wildman–Crippen LogP) is 1.96. The quantitative estimate of drug-likeness (QED) is 0.715. The monoisotopic (exact) mass is 361 g/mol. The standard InChI is InChI=1S/C15H20ClNO5S/c1-3-11(2)17-14(18)10-22-15(19)8-9-23(20,21)13-6-4-12(16)5-7-13/h4-7,11H,3,8-10H2,1-2H3,(H,17,18)/t11-/m1/s1. The van der Waals surface area contributed by atoms with Gasteiger partial charge in [0, 0.05) is 11.1 Å². The van der Waals surface area contributed by atoms with Crippen LogP contribution >= 0.6 is 11.6 Å². The van der Waals surface area contributed by atoms with Gasteiger partial charge in [0.15, 0.2) is 16.4 Å². The largest absolute Gasteiger partial charge is 0.456 e. The highest BCUT2D eigenvalue weighted by Crippen LogP contribution is 2.16. The molecule has 1 amide bonds. The Hall–Kier alpha value is -1.60. The molecule has 1 N–H and O–H groups in total. The first-order valence-corrected chi connectivity index (χ1v) is 9.21. The van der Waals surface area contributed by atoms with Crippen molar-refractivity contribution >= 4 is 33.3 Å². The third kappa shape index (κ3) is 7.00. The van der Waals surface area contributed by atoms with Gasteiger partial charge in [0.05, 0.1) is 17.1 Å². The molecule has 128 valence electrons. The van der Waals surface area contributed by atoms with E-state index in [9.17, 15) is 18.0 Å². The molecule has 1 aromatic rings. The number of rotatable bonds is 8. The minimum absolute atomic E-state index is 0.00788. The first kappa shape index (κ1) is 19.4. The normalized spacial score (nSPS) is 12.5. The summed E-state index contributed by atoms with van der Waals surface area (Å²) in [5, 5.41) is 3.07. The van der Waals surface area contributed by atoms with Gasteiger partial charge in [0.25, 0.3) is 5.91 Å². The summed E-state index contributed by atoms with van der Waals surface area (Å²) in [6.07, 6.45) is 0.445. The molecule has 1 rings (SSSR count). The van der Waals surface area contributed by atoms with E-state index in [1.165, 1.54) is 24.3 Å². The predicted molar refractivity (Wildman–Crippen MR) is 87.0 cm³/mol. The minimum Gasteiger partial charge on any atom is -0.456 e. The molecule has 0 aliphatic rings. The fourth-order valence-electron chi connectivity index (χ4n) is 1.61.